The first-order valence-corrected chi connectivity index (χ1v) is 14.1. The summed E-state index contributed by atoms with van der Waals surface area (Å²) in [6.07, 6.45) is 7.82. The van der Waals surface area contributed by atoms with Crippen LogP contribution in [0.25, 0.3) is 11.6 Å². The fourth-order valence-electron chi connectivity index (χ4n) is 6.34. The molecule has 3 N–H and O–H groups in total. The van der Waals surface area contributed by atoms with E-state index < -0.39 is 12.1 Å². The minimum Gasteiger partial charge on any atom is -0.378 e. The quantitative estimate of drug-likeness (QED) is 0.386. The van der Waals surface area contributed by atoms with Crippen LogP contribution in [0.4, 0.5) is 19.3 Å². The number of morpholine rings is 1. The number of nitrogens with one attached hydrogen (secondary N) is 1. The largest absolute Gasteiger partial charge is 0.378 e. The van der Waals surface area contributed by atoms with Crippen molar-refractivity contribution in [1.29, 1.82) is 0 Å². The SMILES string of the molecule is Cc1ccc(/C=C2\c3ccc(F)cc3COC3C=C(F)C=CC23)cc1N=C(C[C@H]1C[C@@H]2COCCN2C1)NC(N)=O. The summed E-state index contributed by atoms with van der Waals surface area (Å²) in [5.41, 5.74) is 10.5. The van der Waals surface area contributed by atoms with Crippen LogP contribution in [-0.4, -0.2) is 55.2 Å². The van der Waals surface area contributed by atoms with Crippen molar-refractivity contribution in [2.24, 2.45) is 22.6 Å². The number of carbonyl (C=O) groups excluding carboxylic acids is 1. The molecule has 2 unspecified atom stereocenters. The van der Waals surface area contributed by atoms with Crippen LogP contribution >= 0.6 is 0 Å². The van der Waals surface area contributed by atoms with Crippen LogP contribution in [-0.2, 0) is 16.1 Å². The van der Waals surface area contributed by atoms with Gasteiger partial charge in [-0.15, -0.1) is 0 Å². The molecule has 3 heterocycles. The second-order valence-electron chi connectivity index (χ2n) is 11.2. The van der Waals surface area contributed by atoms with Gasteiger partial charge in [-0.3, -0.25) is 10.2 Å². The van der Waals surface area contributed by atoms with Crippen LogP contribution in [0.2, 0.25) is 0 Å². The fourth-order valence-corrected chi connectivity index (χ4v) is 6.34. The van der Waals surface area contributed by atoms with Gasteiger partial charge in [-0.1, -0.05) is 30.4 Å². The van der Waals surface area contributed by atoms with Crippen LogP contribution in [0.15, 0.2) is 65.4 Å². The van der Waals surface area contributed by atoms with E-state index in [1.165, 1.54) is 24.3 Å². The maximum absolute atomic E-state index is 14.1. The van der Waals surface area contributed by atoms with E-state index in [1.54, 1.807) is 12.1 Å². The number of aryl methyl sites for hydroxylation is 1. The van der Waals surface area contributed by atoms with Gasteiger partial charge in [0.15, 0.2) is 0 Å². The molecule has 2 aromatic carbocycles. The van der Waals surface area contributed by atoms with Crippen molar-refractivity contribution >= 4 is 29.2 Å². The highest BCUT2D eigenvalue weighted by Gasteiger charge is 2.35. The van der Waals surface area contributed by atoms with E-state index in [0.717, 1.165) is 55.0 Å². The molecule has 2 aromatic rings. The van der Waals surface area contributed by atoms with Crippen molar-refractivity contribution in [3.8, 4) is 0 Å². The molecule has 9 heteroatoms. The van der Waals surface area contributed by atoms with Gasteiger partial charge in [-0.05, 0) is 77.4 Å². The Kier molecular flexibility index (Phi) is 7.84. The molecule has 2 fully saturated rings. The number of carbonyl (C=O) groups is 1. The third kappa shape index (κ3) is 6.17. The number of ether oxygens (including phenoxy) is 2. The molecular formula is C32H34F2N4O3. The van der Waals surface area contributed by atoms with Crippen LogP contribution < -0.4 is 11.1 Å². The van der Waals surface area contributed by atoms with Crippen LogP contribution in [0, 0.1) is 24.6 Å². The van der Waals surface area contributed by atoms with E-state index in [4.69, 9.17) is 20.2 Å². The Morgan fingerprint density at radius 1 is 1.24 bits per heavy atom. The van der Waals surface area contributed by atoms with Gasteiger partial charge >= 0.3 is 6.03 Å². The van der Waals surface area contributed by atoms with Gasteiger partial charge in [0.2, 0.25) is 0 Å². The molecule has 0 radical (unpaired) electrons. The number of primary amides is 1. The number of amidine groups is 1. The maximum atomic E-state index is 14.1. The number of amides is 2. The van der Waals surface area contributed by atoms with Crippen molar-refractivity contribution in [3.63, 3.8) is 0 Å². The number of rotatable bonds is 4. The number of hydrogen-bond donors (Lipinski definition) is 2. The molecule has 7 nitrogen and oxygen atoms in total. The van der Waals surface area contributed by atoms with Gasteiger partial charge in [0.25, 0.3) is 0 Å². The predicted octanol–water partition coefficient (Wildman–Crippen LogP) is 5.42. The second-order valence-corrected chi connectivity index (χ2v) is 11.2. The molecular weight excluding hydrogens is 526 g/mol. The normalized spacial score (nSPS) is 27.0. The van der Waals surface area contributed by atoms with Crippen molar-refractivity contribution in [2.45, 2.75) is 38.5 Å². The number of nitrogens with zero attached hydrogens (tertiary/aromatic N) is 2. The number of fused-ring (bicyclic) bond motifs is 3. The van der Waals surface area contributed by atoms with E-state index in [-0.39, 0.29) is 24.2 Å². The lowest BCUT2D eigenvalue weighted by Crippen LogP contribution is -2.40. The number of urea groups is 1. The van der Waals surface area contributed by atoms with Gasteiger partial charge < -0.3 is 15.2 Å². The van der Waals surface area contributed by atoms with E-state index in [1.807, 2.05) is 31.2 Å². The number of nitrogens with two attached hydrogens (primary N) is 1. The average Bonchev–Trinajstić information content (AvgIpc) is 3.28. The summed E-state index contributed by atoms with van der Waals surface area (Å²) in [5, 5.41) is 2.75. The van der Waals surface area contributed by atoms with E-state index >= 15 is 0 Å². The zero-order chi connectivity index (χ0) is 28.5. The van der Waals surface area contributed by atoms with Crippen molar-refractivity contribution in [1.82, 2.24) is 10.2 Å². The molecule has 3 aliphatic heterocycles. The highest BCUT2D eigenvalue weighted by molar-refractivity contribution is 5.98. The van der Waals surface area contributed by atoms with Crippen LogP contribution in [0.1, 0.15) is 35.1 Å². The Hall–Kier alpha value is -3.66. The third-order valence-electron chi connectivity index (χ3n) is 8.32. The molecule has 0 aromatic heterocycles. The summed E-state index contributed by atoms with van der Waals surface area (Å²) in [6, 6.07) is 10.4. The minimum absolute atomic E-state index is 0.181. The van der Waals surface area contributed by atoms with Gasteiger partial charge in [-0.2, -0.15) is 0 Å². The van der Waals surface area contributed by atoms with E-state index in [2.05, 4.69) is 10.2 Å². The molecule has 4 aliphatic rings. The lowest BCUT2D eigenvalue weighted by atomic mass is 9.83. The molecule has 41 heavy (non-hydrogen) atoms. The zero-order valence-corrected chi connectivity index (χ0v) is 23.0. The third-order valence-corrected chi connectivity index (χ3v) is 8.32. The first-order valence-electron chi connectivity index (χ1n) is 14.1. The Bertz CT molecular complexity index is 1450. The number of benzene rings is 2. The van der Waals surface area contributed by atoms with E-state index in [9.17, 15) is 13.6 Å². The molecule has 2 amide bonds. The first-order chi connectivity index (χ1) is 19.8. The molecule has 214 valence electrons. The standard InChI is InChI=1S/C32H34F2N4O3/c1-19-2-3-20(11-28-26-6-4-23(33)14-22(26)17-41-30-15-24(34)5-7-27(28)30)12-29(19)36-31(37-32(35)39)13-21-10-25-18-40-9-8-38(25)16-21/h2-7,11-12,14-15,21,25,27,30H,8-10,13,16-18H2,1H3,(H3,35,36,37,39)/b28-11+/t21-,25-,27?,30?/m1/s1. The van der Waals surface area contributed by atoms with Crippen molar-refractivity contribution < 1.29 is 23.0 Å². The van der Waals surface area contributed by atoms with Gasteiger partial charge in [-0.25, -0.2) is 18.6 Å². The number of allylic oxidation sites excluding steroid dienone is 2. The van der Waals surface area contributed by atoms with Crippen molar-refractivity contribution in [3.05, 3.63) is 88.5 Å². The Balaban J connectivity index is 1.34. The van der Waals surface area contributed by atoms with Gasteiger partial charge in [0.05, 0.1) is 31.6 Å². The smallest absolute Gasteiger partial charge is 0.317 e. The summed E-state index contributed by atoms with van der Waals surface area (Å²) >= 11 is 0. The first kappa shape index (κ1) is 27.5. The van der Waals surface area contributed by atoms with Crippen molar-refractivity contribution in [2.75, 3.05) is 26.3 Å². The summed E-state index contributed by atoms with van der Waals surface area (Å²) in [4.78, 5) is 19.2. The highest BCUT2D eigenvalue weighted by atomic mass is 19.1. The number of halogens is 2. The summed E-state index contributed by atoms with van der Waals surface area (Å²) in [5.74, 6) is -0.0671. The maximum Gasteiger partial charge on any atom is 0.317 e. The molecule has 0 spiro atoms. The summed E-state index contributed by atoms with van der Waals surface area (Å²) in [7, 11) is 0. The Morgan fingerprint density at radius 2 is 2.12 bits per heavy atom. The average molecular weight is 561 g/mol. The second kappa shape index (κ2) is 11.7. The monoisotopic (exact) mass is 560 g/mol. The lowest BCUT2D eigenvalue weighted by molar-refractivity contribution is 0.0128. The topological polar surface area (TPSA) is 89.2 Å². The minimum atomic E-state index is -0.642. The fraction of sp³-hybridized carbons (Fsp3) is 0.375. The Labute approximate surface area is 238 Å². The van der Waals surface area contributed by atoms with Gasteiger partial charge in [0, 0.05) is 31.5 Å². The van der Waals surface area contributed by atoms with E-state index in [0.29, 0.717) is 35.5 Å². The van der Waals surface area contributed by atoms with Gasteiger partial charge in [0.1, 0.15) is 17.5 Å². The number of hydrogen-bond acceptors (Lipinski definition) is 5. The number of aliphatic imine (C=N–C) groups is 1. The molecule has 1 aliphatic carbocycles. The molecule has 2 saturated heterocycles. The molecule has 0 saturated carbocycles. The molecule has 6 rings (SSSR count). The Morgan fingerprint density at radius 3 is 2.95 bits per heavy atom. The highest BCUT2D eigenvalue weighted by Crippen LogP contribution is 2.40. The summed E-state index contributed by atoms with van der Waals surface area (Å²) < 4.78 is 39.9. The zero-order valence-electron chi connectivity index (χ0n) is 23.0. The van der Waals surface area contributed by atoms with Crippen LogP contribution in [0.3, 0.4) is 0 Å². The predicted molar refractivity (Wildman–Crippen MR) is 155 cm³/mol. The lowest BCUT2D eigenvalue weighted by Gasteiger charge is -2.28. The summed E-state index contributed by atoms with van der Waals surface area (Å²) in [6.45, 7) is 5.50. The molecule has 4 atom stereocenters. The molecule has 0 bridgehead atoms. The van der Waals surface area contributed by atoms with Crippen LogP contribution in [0.5, 0.6) is 0 Å².